The molecule has 1 heterocycles. The molecular weight excluding hydrogens is 177 g/mol. The number of nitrogens with one attached hydrogen (secondary N) is 1. The van der Waals surface area contributed by atoms with E-state index in [-0.39, 0.29) is 5.82 Å². The summed E-state index contributed by atoms with van der Waals surface area (Å²) in [6, 6.07) is 7.22. The summed E-state index contributed by atoms with van der Waals surface area (Å²) in [7, 11) is 0. The van der Waals surface area contributed by atoms with Crippen LogP contribution in [0.15, 0.2) is 24.3 Å². The Labute approximate surface area is 83.3 Å². The molecule has 2 aliphatic rings. The number of hydrogen-bond donors (Lipinski definition) is 1. The van der Waals surface area contributed by atoms with Gasteiger partial charge in [-0.25, -0.2) is 4.39 Å². The third-order valence-corrected chi connectivity index (χ3v) is 3.77. The second-order valence-corrected chi connectivity index (χ2v) is 4.45. The molecule has 1 aliphatic carbocycles. The third-order valence-electron chi connectivity index (χ3n) is 3.77. The van der Waals surface area contributed by atoms with Gasteiger partial charge in [-0.3, -0.25) is 0 Å². The molecule has 1 aromatic carbocycles. The molecule has 0 aromatic heterocycles. The Morgan fingerprint density at radius 2 is 2.07 bits per heavy atom. The summed E-state index contributed by atoms with van der Waals surface area (Å²) >= 11 is 0. The van der Waals surface area contributed by atoms with Crippen molar-refractivity contribution in [2.24, 2.45) is 11.8 Å². The topological polar surface area (TPSA) is 12.0 Å². The van der Waals surface area contributed by atoms with Gasteiger partial charge in [0, 0.05) is 0 Å². The molecule has 1 N–H and O–H groups in total. The fraction of sp³-hybridized carbons (Fsp3) is 0.500. The highest BCUT2D eigenvalue weighted by atomic mass is 19.1. The Bertz CT molecular complexity index is 350. The van der Waals surface area contributed by atoms with Crippen molar-refractivity contribution in [3.8, 4) is 0 Å². The maximum atomic E-state index is 13.5. The fourth-order valence-electron chi connectivity index (χ4n) is 2.92. The Balaban J connectivity index is 1.87. The van der Waals surface area contributed by atoms with Gasteiger partial charge < -0.3 is 5.32 Å². The minimum Gasteiger partial charge on any atom is -0.316 e. The molecule has 3 atom stereocenters. The summed E-state index contributed by atoms with van der Waals surface area (Å²) in [6.45, 7) is 2.21. The Kier molecular flexibility index (Phi) is 1.84. The maximum absolute atomic E-state index is 13.5. The number of rotatable bonds is 1. The molecule has 0 radical (unpaired) electrons. The first-order chi connectivity index (χ1) is 6.86. The van der Waals surface area contributed by atoms with Gasteiger partial charge in [0.2, 0.25) is 0 Å². The van der Waals surface area contributed by atoms with E-state index >= 15 is 0 Å². The molecule has 1 aromatic rings. The van der Waals surface area contributed by atoms with Crippen molar-refractivity contribution in [1.29, 1.82) is 0 Å². The molecule has 1 saturated carbocycles. The van der Waals surface area contributed by atoms with Crippen molar-refractivity contribution in [3.05, 3.63) is 35.6 Å². The lowest BCUT2D eigenvalue weighted by atomic mass is 9.64. The van der Waals surface area contributed by atoms with E-state index in [2.05, 4.69) is 5.32 Å². The van der Waals surface area contributed by atoms with E-state index in [1.807, 2.05) is 12.1 Å². The van der Waals surface area contributed by atoms with Gasteiger partial charge in [0.25, 0.3) is 0 Å². The van der Waals surface area contributed by atoms with Crippen LogP contribution in [0.2, 0.25) is 0 Å². The van der Waals surface area contributed by atoms with Gasteiger partial charge in [0.1, 0.15) is 5.82 Å². The fourth-order valence-corrected chi connectivity index (χ4v) is 2.92. The number of fused-ring (bicyclic) bond motifs is 1. The van der Waals surface area contributed by atoms with Crippen molar-refractivity contribution >= 4 is 0 Å². The average molecular weight is 191 g/mol. The van der Waals surface area contributed by atoms with Crippen molar-refractivity contribution in [2.45, 2.75) is 12.3 Å². The molecule has 2 heteroatoms. The van der Waals surface area contributed by atoms with Crippen molar-refractivity contribution in [2.75, 3.05) is 13.1 Å². The van der Waals surface area contributed by atoms with Crippen LogP contribution in [0.4, 0.5) is 4.39 Å². The maximum Gasteiger partial charge on any atom is 0.126 e. The molecule has 3 rings (SSSR count). The number of hydrogen-bond acceptors (Lipinski definition) is 1. The van der Waals surface area contributed by atoms with Crippen LogP contribution in [0.25, 0.3) is 0 Å². The highest BCUT2D eigenvalue weighted by molar-refractivity contribution is 5.26. The van der Waals surface area contributed by atoms with E-state index in [4.69, 9.17) is 0 Å². The van der Waals surface area contributed by atoms with Gasteiger partial charge >= 0.3 is 0 Å². The largest absolute Gasteiger partial charge is 0.316 e. The predicted octanol–water partition coefficient (Wildman–Crippen LogP) is 2.15. The van der Waals surface area contributed by atoms with E-state index < -0.39 is 0 Å². The second-order valence-electron chi connectivity index (χ2n) is 4.45. The van der Waals surface area contributed by atoms with Gasteiger partial charge in [0.05, 0.1) is 0 Å². The summed E-state index contributed by atoms with van der Waals surface area (Å²) < 4.78 is 13.5. The molecule has 0 bridgehead atoms. The van der Waals surface area contributed by atoms with Crippen LogP contribution in [0, 0.1) is 17.7 Å². The lowest BCUT2D eigenvalue weighted by Crippen LogP contribution is -2.34. The van der Waals surface area contributed by atoms with Gasteiger partial charge in [-0.05, 0) is 48.9 Å². The van der Waals surface area contributed by atoms with Gasteiger partial charge in [-0.2, -0.15) is 0 Å². The Morgan fingerprint density at radius 3 is 2.86 bits per heavy atom. The van der Waals surface area contributed by atoms with E-state index in [0.29, 0.717) is 11.8 Å². The molecular formula is C12H14FN. The molecule has 74 valence electrons. The monoisotopic (exact) mass is 191 g/mol. The number of halogens is 1. The second kappa shape index (κ2) is 3.06. The molecule has 1 nitrogen and oxygen atoms in total. The summed E-state index contributed by atoms with van der Waals surface area (Å²) in [6.07, 6.45) is 1.17. The van der Waals surface area contributed by atoms with Crippen LogP contribution >= 0.6 is 0 Å². The van der Waals surface area contributed by atoms with Gasteiger partial charge in [0.15, 0.2) is 0 Å². The minimum absolute atomic E-state index is 0.0251. The molecule has 2 fully saturated rings. The molecule has 0 spiro atoms. The first-order valence-corrected chi connectivity index (χ1v) is 5.31. The average Bonchev–Trinajstić information content (AvgIpc) is 2.52. The highest BCUT2D eigenvalue weighted by Crippen LogP contribution is 2.49. The smallest absolute Gasteiger partial charge is 0.126 e. The van der Waals surface area contributed by atoms with E-state index in [9.17, 15) is 4.39 Å². The van der Waals surface area contributed by atoms with E-state index in [1.54, 1.807) is 12.1 Å². The summed E-state index contributed by atoms with van der Waals surface area (Å²) in [5, 5.41) is 3.38. The van der Waals surface area contributed by atoms with Crippen molar-refractivity contribution in [1.82, 2.24) is 5.32 Å². The summed E-state index contributed by atoms with van der Waals surface area (Å²) in [5.41, 5.74) is 0.928. The standard InChI is InChI=1S/C12H14FN/c13-12-4-2-1-3-9(12)10-5-8-6-14-7-11(8)10/h1-4,8,10-11,14H,5-7H2/t8-,10+,11-/m1/s1. The van der Waals surface area contributed by atoms with Crippen molar-refractivity contribution in [3.63, 3.8) is 0 Å². The van der Waals surface area contributed by atoms with Crippen LogP contribution in [0.3, 0.4) is 0 Å². The predicted molar refractivity (Wildman–Crippen MR) is 53.6 cm³/mol. The normalized spacial score (nSPS) is 35.1. The molecule has 14 heavy (non-hydrogen) atoms. The molecule has 1 aliphatic heterocycles. The van der Waals surface area contributed by atoms with Gasteiger partial charge in [-0.15, -0.1) is 0 Å². The van der Waals surface area contributed by atoms with Crippen LogP contribution in [-0.4, -0.2) is 13.1 Å². The SMILES string of the molecule is Fc1ccccc1[C@@H]1C[C@@H]2CNC[C@H]21. The van der Waals surface area contributed by atoms with Crippen molar-refractivity contribution < 1.29 is 4.39 Å². The molecule has 1 saturated heterocycles. The van der Waals surface area contributed by atoms with Crippen LogP contribution in [0.1, 0.15) is 17.9 Å². The quantitative estimate of drug-likeness (QED) is 0.717. The van der Waals surface area contributed by atoms with E-state index in [0.717, 1.165) is 24.6 Å². The summed E-state index contributed by atoms with van der Waals surface area (Å²) in [4.78, 5) is 0. The Morgan fingerprint density at radius 1 is 1.21 bits per heavy atom. The van der Waals surface area contributed by atoms with Crippen LogP contribution in [-0.2, 0) is 0 Å². The van der Waals surface area contributed by atoms with E-state index in [1.165, 1.54) is 6.42 Å². The zero-order valence-electron chi connectivity index (χ0n) is 8.04. The number of benzene rings is 1. The highest BCUT2D eigenvalue weighted by Gasteiger charge is 2.45. The Hall–Kier alpha value is -0.890. The first-order valence-electron chi connectivity index (χ1n) is 5.31. The molecule has 0 unspecified atom stereocenters. The lowest BCUT2D eigenvalue weighted by molar-refractivity contribution is 0.187. The zero-order valence-corrected chi connectivity index (χ0v) is 8.04. The molecule has 0 amide bonds. The van der Waals surface area contributed by atoms with Gasteiger partial charge in [-0.1, -0.05) is 18.2 Å². The first kappa shape index (κ1) is 8.42. The minimum atomic E-state index is -0.0251. The third kappa shape index (κ3) is 1.10. The lowest BCUT2D eigenvalue weighted by Gasteiger charge is -2.40. The zero-order chi connectivity index (χ0) is 9.54. The van der Waals surface area contributed by atoms with Crippen LogP contribution in [0.5, 0.6) is 0 Å². The summed E-state index contributed by atoms with van der Waals surface area (Å²) in [5.74, 6) is 1.94. The van der Waals surface area contributed by atoms with Crippen LogP contribution < -0.4 is 5.32 Å².